The molecule has 0 fully saturated rings. The molecule has 0 saturated heterocycles. The van der Waals surface area contributed by atoms with E-state index in [2.05, 4.69) is 10.1 Å². The van der Waals surface area contributed by atoms with Crippen molar-refractivity contribution in [3.63, 3.8) is 0 Å². The maximum atomic E-state index is 13.3. The van der Waals surface area contributed by atoms with Gasteiger partial charge in [-0.15, -0.1) is 16.4 Å². The number of thiazole rings is 1. The van der Waals surface area contributed by atoms with Crippen molar-refractivity contribution < 1.29 is 4.74 Å². The molecule has 0 unspecified atom stereocenters. The molecule has 7 nitrogen and oxygen atoms in total. The summed E-state index contributed by atoms with van der Waals surface area (Å²) in [5.41, 5.74) is 2.97. The van der Waals surface area contributed by atoms with Crippen molar-refractivity contribution in [1.29, 1.82) is 0 Å². The van der Waals surface area contributed by atoms with Gasteiger partial charge in [0.15, 0.2) is 5.82 Å². The fraction of sp³-hybridized carbons (Fsp3) is 0.103. The Morgan fingerprint density at radius 1 is 1.05 bits per heavy atom. The number of nitrogens with zero attached hydrogens (tertiary/aromatic N) is 5. The highest BCUT2D eigenvalue weighted by molar-refractivity contribution is 7.15. The van der Waals surface area contributed by atoms with Crippen molar-refractivity contribution in [3.8, 4) is 22.7 Å². The summed E-state index contributed by atoms with van der Waals surface area (Å²) in [6, 6.07) is 19.4. The number of hydrogen-bond donors (Lipinski definition) is 0. The summed E-state index contributed by atoms with van der Waals surface area (Å²) >= 11 is 9.47. The maximum absolute atomic E-state index is 13.3. The number of thiophene rings is 1. The SMILES string of the molecule is CCCOc1ccc(-c2nn(-c3ccccc3)cc2/C=c2\sc3nc(/C=C/c4cccs4)nn3c2=O)cc1Cl. The van der Waals surface area contributed by atoms with Crippen LogP contribution in [0, 0.1) is 0 Å². The van der Waals surface area contributed by atoms with Crippen LogP contribution in [-0.2, 0) is 0 Å². The first-order chi connectivity index (χ1) is 19.1. The van der Waals surface area contributed by atoms with E-state index in [1.165, 1.54) is 15.9 Å². The monoisotopic (exact) mass is 571 g/mol. The van der Waals surface area contributed by atoms with E-state index in [-0.39, 0.29) is 5.56 Å². The van der Waals surface area contributed by atoms with Gasteiger partial charge in [0.1, 0.15) is 11.4 Å². The third kappa shape index (κ3) is 5.29. The lowest BCUT2D eigenvalue weighted by Crippen LogP contribution is -2.23. The average Bonchev–Trinajstić information content (AvgIpc) is 3.74. The summed E-state index contributed by atoms with van der Waals surface area (Å²) in [5.74, 6) is 1.13. The number of rotatable bonds is 8. The second kappa shape index (κ2) is 11.0. The van der Waals surface area contributed by atoms with E-state index >= 15 is 0 Å². The van der Waals surface area contributed by atoms with Crippen LogP contribution in [0.3, 0.4) is 0 Å². The molecular formula is C29H22ClN5O2S2. The highest BCUT2D eigenvalue weighted by Gasteiger charge is 2.15. The molecule has 194 valence electrons. The molecule has 2 aromatic carbocycles. The Morgan fingerprint density at radius 3 is 2.67 bits per heavy atom. The molecule has 6 aromatic rings. The maximum Gasteiger partial charge on any atom is 0.291 e. The van der Waals surface area contributed by atoms with E-state index in [4.69, 9.17) is 21.4 Å². The van der Waals surface area contributed by atoms with Gasteiger partial charge in [-0.2, -0.15) is 14.6 Å². The van der Waals surface area contributed by atoms with Gasteiger partial charge >= 0.3 is 0 Å². The lowest BCUT2D eigenvalue weighted by Gasteiger charge is -2.08. The smallest absolute Gasteiger partial charge is 0.291 e. The third-order valence-electron chi connectivity index (χ3n) is 5.85. The molecule has 4 heterocycles. The second-order valence-corrected chi connectivity index (χ2v) is 11.0. The van der Waals surface area contributed by atoms with E-state index < -0.39 is 0 Å². The minimum absolute atomic E-state index is 0.224. The van der Waals surface area contributed by atoms with Crippen LogP contribution in [0.25, 0.3) is 40.1 Å². The summed E-state index contributed by atoms with van der Waals surface area (Å²) in [4.78, 5) is 19.4. The summed E-state index contributed by atoms with van der Waals surface area (Å²) in [6.45, 7) is 2.64. The van der Waals surface area contributed by atoms with Crippen LogP contribution in [-0.4, -0.2) is 31.0 Å². The molecule has 4 aromatic heterocycles. The molecule has 10 heteroatoms. The first-order valence-corrected chi connectivity index (χ1v) is 14.4. The highest BCUT2D eigenvalue weighted by atomic mass is 35.5. The fourth-order valence-corrected chi connectivity index (χ4v) is 5.77. The molecule has 6 rings (SSSR count). The van der Waals surface area contributed by atoms with Gasteiger partial charge in [-0.1, -0.05) is 54.1 Å². The van der Waals surface area contributed by atoms with Gasteiger partial charge in [0, 0.05) is 22.2 Å². The zero-order valence-electron chi connectivity index (χ0n) is 20.8. The van der Waals surface area contributed by atoms with Gasteiger partial charge < -0.3 is 4.74 Å². The van der Waals surface area contributed by atoms with Crippen molar-refractivity contribution in [2.24, 2.45) is 0 Å². The molecule has 0 spiro atoms. The minimum atomic E-state index is -0.224. The molecule has 0 atom stereocenters. The number of para-hydroxylation sites is 1. The fourth-order valence-electron chi connectivity index (χ4n) is 4.01. The Bertz CT molecular complexity index is 1890. The summed E-state index contributed by atoms with van der Waals surface area (Å²) in [7, 11) is 0. The third-order valence-corrected chi connectivity index (χ3v) is 7.95. The number of fused-ring (bicyclic) bond motifs is 1. The van der Waals surface area contributed by atoms with Crippen LogP contribution in [0.5, 0.6) is 5.75 Å². The Labute approximate surface area is 236 Å². The molecule has 0 saturated carbocycles. The largest absolute Gasteiger partial charge is 0.492 e. The standard InChI is InChI=1S/C29H22ClN5O2S2/c1-2-14-37-24-12-10-19(16-23(24)30)27-20(18-34(33-27)21-7-4-3-5-8-21)17-25-28(36)35-29(39-25)31-26(32-35)13-11-22-9-6-15-38-22/h3-13,15-18H,2,14H2,1H3/b13-11+,25-17-. The van der Waals surface area contributed by atoms with E-state index in [9.17, 15) is 4.79 Å². The molecule has 0 amide bonds. The summed E-state index contributed by atoms with van der Waals surface area (Å²) in [5, 5.41) is 11.8. The van der Waals surface area contributed by atoms with Gasteiger partial charge in [-0.25, -0.2) is 4.68 Å². The molecule has 0 aliphatic carbocycles. The van der Waals surface area contributed by atoms with E-state index in [1.807, 2.05) is 97.4 Å². The predicted octanol–water partition coefficient (Wildman–Crippen LogP) is 6.23. The van der Waals surface area contributed by atoms with Crippen LogP contribution in [0.4, 0.5) is 0 Å². The van der Waals surface area contributed by atoms with E-state index in [0.29, 0.717) is 38.4 Å². The van der Waals surface area contributed by atoms with Gasteiger partial charge in [0.2, 0.25) is 4.96 Å². The molecule has 0 N–H and O–H groups in total. The zero-order valence-corrected chi connectivity index (χ0v) is 23.2. The normalized spacial score (nSPS) is 12.2. The number of ether oxygens (including phenoxy) is 1. The Balaban J connectivity index is 1.42. The topological polar surface area (TPSA) is 74.3 Å². The van der Waals surface area contributed by atoms with Crippen molar-refractivity contribution in [1.82, 2.24) is 24.4 Å². The molecule has 0 aliphatic rings. The van der Waals surface area contributed by atoms with Crippen LogP contribution >= 0.6 is 34.3 Å². The number of benzene rings is 2. The minimum Gasteiger partial charge on any atom is -0.492 e. The van der Waals surface area contributed by atoms with Gasteiger partial charge in [0.25, 0.3) is 5.56 Å². The second-order valence-electron chi connectivity index (χ2n) is 8.64. The van der Waals surface area contributed by atoms with Gasteiger partial charge in [0.05, 0.1) is 21.8 Å². The number of halogens is 1. The van der Waals surface area contributed by atoms with E-state index in [0.717, 1.165) is 28.1 Å². The lowest BCUT2D eigenvalue weighted by atomic mass is 10.1. The molecule has 0 aliphatic heterocycles. The van der Waals surface area contributed by atoms with Crippen molar-refractivity contribution in [2.75, 3.05) is 6.61 Å². The van der Waals surface area contributed by atoms with Crippen molar-refractivity contribution in [3.05, 3.63) is 108 Å². The van der Waals surface area contributed by atoms with Gasteiger partial charge in [-0.3, -0.25) is 4.79 Å². The average molecular weight is 572 g/mol. The van der Waals surface area contributed by atoms with E-state index in [1.54, 1.807) is 16.0 Å². The van der Waals surface area contributed by atoms with Gasteiger partial charge in [-0.05, 0) is 66.4 Å². The van der Waals surface area contributed by atoms with Crippen LogP contribution in [0.2, 0.25) is 5.02 Å². The zero-order chi connectivity index (χ0) is 26.8. The van der Waals surface area contributed by atoms with Crippen LogP contribution in [0.1, 0.15) is 29.6 Å². The highest BCUT2D eigenvalue weighted by Crippen LogP contribution is 2.32. The first kappa shape index (κ1) is 25.2. The van der Waals surface area contributed by atoms with Crippen molar-refractivity contribution >= 4 is 57.5 Å². The molecule has 0 bridgehead atoms. The Kier molecular flexibility index (Phi) is 7.10. The molecule has 39 heavy (non-hydrogen) atoms. The number of hydrogen-bond acceptors (Lipinski definition) is 7. The summed E-state index contributed by atoms with van der Waals surface area (Å²) < 4.78 is 9.40. The molecule has 0 radical (unpaired) electrons. The number of aromatic nitrogens is 5. The Morgan fingerprint density at radius 2 is 1.92 bits per heavy atom. The predicted molar refractivity (Wildman–Crippen MR) is 159 cm³/mol. The van der Waals surface area contributed by atoms with Crippen LogP contribution < -0.4 is 14.8 Å². The van der Waals surface area contributed by atoms with Crippen molar-refractivity contribution in [2.45, 2.75) is 13.3 Å². The van der Waals surface area contributed by atoms with Crippen LogP contribution in [0.15, 0.2) is 77.0 Å². The summed E-state index contributed by atoms with van der Waals surface area (Å²) in [6.07, 6.45) is 8.39. The molecular weight excluding hydrogens is 550 g/mol. The first-order valence-electron chi connectivity index (χ1n) is 12.3. The quantitative estimate of drug-likeness (QED) is 0.217. The Hall–Kier alpha value is -4.05. The lowest BCUT2D eigenvalue weighted by molar-refractivity contribution is 0.317.